The van der Waals surface area contributed by atoms with Crippen LogP contribution in [0.15, 0.2) is 6.07 Å². The summed E-state index contributed by atoms with van der Waals surface area (Å²) < 4.78 is 5.08. The maximum atomic E-state index is 9.94. The Hall–Kier alpha value is -1.26. The molecule has 0 heterocycles. The van der Waals surface area contributed by atoms with Gasteiger partial charge in [0, 0.05) is 5.56 Å². The van der Waals surface area contributed by atoms with Gasteiger partial charge in [-0.25, -0.2) is 0 Å². The van der Waals surface area contributed by atoms with Gasteiger partial charge in [-0.3, -0.25) is 0 Å². The Balaban J connectivity index is 3.38. The average Bonchev–Trinajstić information content (AvgIpc) is 2.17. The molecule has 1 aromatic rings. The van der Waals surface area contributed by atoms with E-state index in [1.54, 1.807) is 0 Å². The lowest BCUT2D eigenvalue weighted by atomic mass is 9.98. The van der Waals surface area contributed by atoms with Crippen molar-refractivity contribution in [3.8, 4) is 11.5 Å². The van der Waals surface area contributed by atoms with Crippen LogP contribution in [0.3, 0.4) is 0 Å². The van der Waals surface area contributed by atoms with Crippen molar-refractivity contribution in [3.63, 3.8) is 0 Å². The van der Waals surface area contributed by atoms with Crippen molar-refractivity contribution in [2.45, 2.75) is 19.9 Å². The molecule has 0 saturated heterocycles. The third kappa shape index (κ3) is 2.06. The number of methoxy groups -OCH3 is 1. The number of rotatable bonds is 3. The topological polar surface area (TPSA) is 75.7 Å². The lowest BCUT2D eigenvalue weighted by Crippen LogP contribution is -2.16. The SMILES string of the molecule is COc1c(C)cc(C)c(C(N)CO)c1O. The van der Waals surface area contributed by atoms with Gasteiger partial charge in [0.15, 0.2) is 11.5 Å². The standard InChI is InChI=1S/C11H17NO3/c1-6-4-7(2)11(15-3)10(14)9(6)8(12)5-13/h4,8,13-14H,5,12H2,1-3H3. The molecule has 84 valence electrons. The number of phenols is 1. The fraction of sp³-hybridized carbons (Fsp3) is 0.455. The van der Waals surface area contributed by atoms with E-state index in [9.17, 15) is 5.11 Å². The van der Waals surface area contributed by atoms with Crippen LogP contribution in [0, 0.1) is 13.8 Å². The summed E-state index contributed by atoms with van der Waals surface area (Å²) in [6.07, 6.45) is 0. The molecule has 0 aliphatic rings. The smallest absolute Gasteiger partial charge is 0.163 e. The molecule has 0 spiro atoms. The van der Waals surface area contributed by atoms with Crippen LogP contribution in [0.5, 0.6) is 11.5 Å². The predicted molar refractivity (Wildman–Crippen MR) is 58.1 cm³/mol. The van der Waals surface area contributed by atoms with Crippen LogP contribution in [0.2, 0.25) is 0 Å². The third-order valence-corrected chi connectivity index (χ3v) is 2.46. The summed E-state index contributed by atoms with van der Waals surface area (Å²) in [6.45, 7) is 3.48. The average molecular weight is 211 g/mol. The molecular weight excluding hydrogens is 194 g/mol. The van der Waals surface area contributed by atoms with E-state index < -0.39 is 6.04 Å². The molecule has 1 atom stereocenters. The largest absolute Gasteiger partial charge is 0.504 e. The van der Waals surface area contributed by atoms with E-state index in [0.717, 1.165) is 11.1 Å². The van der Waals surface area contributed by atoms with Crippen LogP contribution < -0.4 is 10.5 Å². The van der Waals surface area contributed by atoms with Crippen molar-refractivity contribution < 1.29 is 14.9 Å². The molecule has 15 heavy (non-hydrogen) atoms. The van der Waals surface area contributed by atoms with Crippen molar-refractivity contribution in [1.82, 2.24) is 0 Å². The molecule has 4 heteroatoms. The first-order valence-corrected chi connectivity index (χ1v) is 4.76. The number of aliphatic hydroxyl groups excluding tert-OH is 1. The van der Waals surface area contributed by atoms with Gasteiger partial charge in [-0.15, -0.1) is 0 Å². The number of nitrogens with two attached hydrogens (primary N) is 1. The number of phenolic OH excluding ortho intramolecular Hbond substituents is 1. The van der Waals surface area contributed by atoms with Crippen LogP contribution in [-0.2, 0) is 0 Å². The summed E-state index contributed by atoms with van der Waals surface area (Å²) in [6, 6.07) is 1.29. The monoisotopic (exact) mass is 211 g/mol. The quantitative estimate of drug-likeness (QED) is 0.697. The Morgan fingerprint density at radius 1 is 1.40 bits per heavy atom. The summed E-state index contributed by atoms with van der Waals surface area (Å²) in [5.74, 6) is 0.441. The summed E-state index contributed by atoms with van der Waals surface area (Å²) >= 11 is 0. The normalized spacial score (nSPS) is 12.6. The first-order valence-electron chi connectivity index (χ1n) is 4.76. The molecule has 0 fully saturated rings. The van der Waals surface area contributed by atoms with Crippen molar-refractivity contribution >= 4 is 0 Å². The molecule has 1 aromatic carbocycles. The molecule has 4 N–H and O–H groups in total. The number of benzene rings is 1. The van der Waals surface area contributed by atoms with Gasteiger partial charge in [-0.2, -0.15) is 0 Å². The molecule has 0 amide bonds. The van der Waals surface area contributed by atoms with Gasteiger partial charge < -0.3 is 20.7 Å². The van der Waals surface area contributed by atoms with E-state index in [2.05, 4.69) is 0 Å². The van der Waals surface area contributed by atoms with E-state index in [-0.39, 0.29) is 12.4 Å². The van der Waals surface area contributed by atoms with E-state index in [0.29, 0.717) is 11.3 Å². The molecule has 0 radical (unpaired) electrons. The maximum Gasteiger partial charge on any atom is 0.163 e. The third-order valence-electron chi connectivity index (χ3n) is 2.46. The second kappa shape index (κ2) is 4.51. The van der Waals surface area contributed by atoms with Crippen LogP contribution in [0.1, 0.15) is 22.7 Å². The first-order chi connectivity index (χ1) is 7.02. The summed E-state index contributed by atoms with van der Waals surface area (Å²) in [4.78, 5) is 0. The van der Waals surface area contributed by atoms with Crippen molar-refractivity contribution in [2.75, 3.05) is 13.7 Å². The highest BCUT2D eigenvalue weighted by atomic mass is 16.5. The van der Waals surface area contributed by atoms with Gasteiger partial charge in [0.25, 0.3) is 0 Å². The van der Waals surface area contributed by atoms with Gasteiger partial charge >= 0.3 is 0 Å². The van der Waals surface area contributed by atoms with Gasteiger partial charge in [0.2, 0.25) is 0 Å². The highest BCUT2D eigenvalue weighted by molar-refractivity contribution is 5.55. The molecule has 1 unspecified atom stereocenters. The van der Waals surface area contributed by atoms with Crippen molar-refractivity contribution in [1.29, 1.82) is 0 Å². The zero-order chi connectivity index (χ0) is 11.6. The molecular formula is C11H17NO3. The van der Waals surface area contributed by atoms with E-state index >= 15 is 0 Å². The molecule has 0 saturated carbocycles. The molecule has 4 nitrogen and oxygen atoms in total. The minimum Gasteiger partial charge on any atom is -0.504 e. The second-order valence-electron chi connectivity index (χ2n) is 3.59. The Bertz CT molecular complexity index is 363. The lowest BCUT2D eigenvalue weighted by Gasteiger charge is -2.18. The predicted octanol–water partition coefficient (Wildman–Crippen LogP) is 1.01. The summed E-state index contributed by atoms with van der Waals surface area (Å²) in [7, 11) is 1.49. The number of ether oxygens (including phenoxy) is 1. The van der Waals surface area contributed by atoms with E-state index in [1.807, 2.05) is 19.9 Å². The molecule has 1 rings (SSSR count). The molecule has 0 aliphatic heterocycles. The van der Waals surface area contributed by atoms with Crippen LogP contribution >= 0.6 is 0 Å². The van der Waals surface area contributed by atoms with Crippen LogP contribution in [-0.4, -0.2) is 23.9 Å². The van der Waals surface area contributed by atoms with Gasteiger partial charge in [-0.05, 0) is 25.0 Å². The van der Waals surface area contributed by atoms with Crippen molar-refractivity contribution in [2.24, 2.45) is 5.73 Å². The minimum atomic E-state index is -0.584. The van der Waals surface area contributed by atoms with Gasteiger partial charge in [0.05, 0.1) is 19.8 Å². The lowest BCUT2D eigenvalue weighted by molar-refractivity contribution is 0.263. The van der Waals surface area contributed by atoms with Crippen LogP contribution in [0.25, 0.3) is 0 Å². The number of aromatic hydroxyl groups is 1. The van der Waals surface area contributed by atoms with Crippen LogP contribution in [0.4, 0.5) is 0 Å². The number of aliphatic hydroxyl groups is 1. The number of hydrogen-bond acceptors (Lipinski definition) is 4. The number of aryl methyl sites for hydroxylation is 2. The first kappa shape index (κ1) is 11.8. The fourth-order valence-corrected chi connectivity index (χ4v) is 1.78. The van der Waals surface area contributed by atoms with Gasteiger partial charge in [0.1, 0.15) is 0 Å². The summed E-state index contributed by atoms with van der Waals surface area (Å²) in [5.41, 5.74) is 7.95. The fourth-order valence-electron chi connectivity index (χ4n) is 1.78. The second-order valence-corrected chi connectivity index (χ2v) is 3.59. The Morgan fingerprint density at radius 3 is 2.47 bits per heavy atom. The van der Waals surface area contributed by atoms with Gasteiger partial charge in [-0.1, -0.05) is 6.07 Å². The molecule has 0 aliphatic carbocycles. The minimum absolute atomic E-state index is 0.0246. The number of hydrogen-bond donors (Lipinski definition) is 3. The Labute approximate surface area is 89.3 Å². The van der Waals surface area contributed by atoms with E-state index in [4.69, 9.17) is 15.6 Å². The zero-order valence-electron chi connectivity index (χ0n) is 9.24. The summed E-state index contributed by atoms with van der Waals surface area (Å²) in [5, 5.41) is 18.9. The maximum absolute atomic E-state index is 9.94. The highest BCUT2D eigenvalue weighted by Gasteiger charge is 2.18. The molecule has 0 bridgehead atoms. The van der Waals surface area contributed by atoms with E-state index in [1.165, 1.54) is 7.11 Å². The van der Waals surface area contributed by atoms with Crippen molar-refractivity contribution in [3.05, 3.63) is 22.8 Å². The highest BCUT2D eigenvalue weighted by Crippen LogP contribution is 2.38. The zero-order valence-corrected chi connectivity index (χ0v) is 9.24. The Morgan fingerprint density at radius 2 is 2.00 bits per heavy atom. The molecule has 0 aromatic heterocycles. The Kier molecular flexibility index (Phi) is 3.55.